The molecule has 0 aromatic carbocycles. The molecule has 0 aromatic rings. The summed E-state index contributed by atoms with van der Waals surface area (Å²) in [6.07, 6.45) is 2.52. The van der Waals surface area contributed by atoms with Crippen molar-refractivity contribution >= 4 is 0 Å². The zero-order valence-corrected chi connectivity index (χ0v) is 6.99. The van der Waals surface area contributed by atoms with Crippen LogP contribution in [0.1, 0.15) is 26.2 Å². The lowest BCUT2D eigenvalue weighted by molar-refractivity contribution is 0.246. The van der Waals surface area contributed by atoms with Crippen LogP contribution in [0, 0.1) is 4.91 Å². The van der Waals surface area contributed by atoms with Crippen molar-refractivity contribution in [1.82, 2.24) is 5.01 Å². The molecule has 0 heterocycles. The van der Waals surface area contributed by atoms with Crippen LogP contribution >= 0.6 is 0 Å². The smallest absolute Gasteiger partial charge is 0.0523 e. The predicted molar refractivity (Wildman–Crippen MR) is 44.0 cm³/mol. The van der Waals surface area contributed by atoms with Crippen LogP contribution in [-0.2, 0) is 0 Å². The number of aliphatic hydroxyl groups excluding tert-OH is 1. The lowest BCUT2D eigenvalue weighted by Crippen LogP contribution is -2.18. The summed E-state index contributed by atoms with van der Waals surface area (Å²) in [5, 5.41) is 12.8. The van der Waals surface area contributed by atoms with E-state index in [1.54, 1.807) is 0 Å². The maximum Gasteiger partial charge on any atom is 0.0523 e. The van der Waals surface area contributed by atoms with E-state index in [2.05, 4.69) is 5.29 Å². The van der Waals surface area contributed by atoms with Crippen molar-refractivity contribution in [2.75, 3.05) is 19.7 Å². The number of hydrogen-bond acceptors (Lipinski definition) is 3. The summed E-state index contributed by atoms with van der Waals surface area (Å²) in [5.41, 5.74) is 0. The van der Waals surface area contributed by atoms with Gasteiger partial charge in [-0.1, -0.05) is 6.92 Å². The van der Waals surface area contributed by atoms with Crippen molar-refractivity contribution in [3.63, 3.8) is 0 Å². The van der Waals surface area contributed by atoms with Crippen LogP contribution in [-0.4, -0.2) is 29.8 Å². The molecule has 4 nitrogen and oxygen atoms in total. The summed E-state index contributed by atoms with van der Waals surface area (Å²) >= 11 is 0. The van der Waals surface area contributed by atoms with E-state index in [-0.39, 0.29) is 6.61 Å². The topological polar surface area (TPSA) is 52.9 Å². The van der Waals surface area contributed by atoms with E-state index in [1.807, 2.05) is 6.92 Å². The number of nitrogens with zero attached hydrogens (tertiary/aromatic N) is 2. The molecule has 11 heavy (non-hydrogen) atoms. The van der Waals surface area contributed by atoms with Gasteiger partial charge in [-0.15, -0.1) is 4.91 Å². The molecule has 0 aliphatic rings. The summed E-state index contributed by atoms with van der Waals surface area (Å²) in [7, 11) is 0. The molecule has 0 atom stereocenters. The summed E-state index contributed by atoms with van der Waals surface area (Å²) < 4.78 is 0. The molecule has 0 fully saturated rings. The first kappa shape index (κ1) is 10.4. The molecule has 0 aliphatic carbocycles. The van der Waals surface area contributed by atoms with Crippen LogP contribution in [0.15, 0.2) is 5.29 Å². The first-order valence-corrected chi connectivity index (χ1v) is 4.04. The zero-order chi connectivity index (χ0) is 8.53. The van der Waals surface area contributed by atoms with Gasteiger partial charge in [0.25, 0.3) is 0 Å². The highest BCUT2D eigenvalue weighted by Gasteiger charge is 1.98. The van der Waals surface area contributed by atoms with Gasteiger partial charge in [-0.05, 0) is 19.3 Å². The fourth-order valence-electron chi connectivity index (χ4n) is 0.858. The Morgan fingerprint density at radius 2 is 2.09 bits per heavy atom. The summed E-state index contributed by atoms with van der Waals surface area (Å²) in [6.45, 7) is 3.58. The van der Waals surface area contributed by atoms with Gasteiger partial charge >= 0.3 is 0 Å². The molecule has 0 unspecified atom stereocenters. The van der Waals surface area contributed by atoms with E-state index in [0.29, 0.717) is 6.54 Å². The molecule has 0 amide bonds. The fraction of sp³-hybridized carbons (Fsp3) is 1.00. The van der Waals surface area contributed by atoms with E-state index in [1.165, 1.54) is 5.01 Å². The predicted octanol–water partition coefficient (Wildman–Crippen LogP) is 1.15. The van der Waals surface area contributed by atoms with E-state index >= 15 is 0 Å². The average molecular weight is 160 g/mol. The third kappa shape index (κ3) is 5.79. The Morgan fingerprint density at radius 3 is 2.55 bits per heavy atom. The van der Waals surface area contributed by atoms with Crippen molar-refractivity contribution < 1.29 is 5.11 Å². The Morgan fingerprint density at radius 1 is 1.36 bits per heavy atom. The molecule has 66 valence electrons. The fourth-order valence-corrected chi connectivity index (χ4v) is 0.858. The van der Waals surface area contributed by atoms with Crippen LogP contribution in [0.4, 0.5) is 0 Å². The molecule has 1 N–H and O–H groups in total. The Kier molecular flexibility index (Phi) is 7.03. The maximum atomic E-state index is 10.1. The van der Waals surface area contributed by atoms with Crippen molar-refractivity contribution in [1.29, 1.82) is 0 Å². The van der Waals surface area contributed by atoms with Crippen molar-refractivity contribution in [2.24, 2.45) is 5.29 Å². The molecule has 0 radical (unpaired) electrons. The SMILES string of the molecule is CCCN(CCCCO)N=O. The first-order valence-electron chi connectivity index (χ1n) is 4.04. The average Bonchev–Trinajstić information content (AvgIpc) is 2.03. The summed E-state index contributed by atoms with van der Waals surface area (Å²) in [6, 6.07) is 0. The molecule has 0 rings (SSSR count). The quantitative estimate of drug-likeness (QED) is 0.345. The van der Waals surface area contributed by atoms with Gasteiger partial charge in [0.15, 0.2) is 0 Å². The van der Waals surface area contributed by atoms with Gasteiger partial charge in [0.2, 0.25) is 0 Å². The third-order valence-corrected chi connectivity index (χ3v) is 1.42. The molecule has 0 bridgehead atoms. The monoisotopic (exact) mass is 160 g/mol. The number of aliphatic hydroxyl groups is 1. The van der Waals surface area contributed by atoms with Gasteiger partial charge in [0.1, 0.15) is 0 Å². The normalized spacial score (nSPS) is 9.64. The molecule has 0 spiro atoms. The molecular formula is C7H16N2O2. The minimum Gasteiger partial charge on any atom is -0.396 e. The van der Waals surface area contributed by atoms with Gasteiger partial charge in [-0.25, -0.2) is 0 Å². The molecule has 0 saturated heterocycles. The Bertz CT molecular complexity index is 98.4. The van der Waals surface area contributed by atoms with Crippen LogP contribution in [0.5, 0.6) is 0 Å². The standard InChI is InChI=1S/C7H16N2O2/c1-2-5-9(8-11)6-3-4-7-10/h10H,2-7H2,1H3. The van der Waals surface area contributed by atoms with E-state index in [9.17, 15) is 4.91 Å². The Labute approximate surface area is 67.1 Å². The van der Waals surface area contributed by atoms with Crippen LogP contribution < -0.4 is 0 Å². The van der Waals surface area contributed by atoms with E-state index in [4.69, 9.17) is 5.11 Å². The Hall–Kier alpha value is -0.640. The largest absolute Gasteiger partial charge is 0.396 e. The summed E-state index contributed by atoms with van der Waals surface area (Å²) in [4.78, 5) is 10.1. The maximum absolute atomic E-state index is 10.1. The lowest BCUT2D eigenvalue weighted by Gasteiger charge is -2.12. The van der Waals surface area contributed by atoms with E-state index < -0.39 is 0 Å². The van der Waals surface area contributed by atoms with Gasteiger partial charge < -0.3 is 5.11 Å². The van der Waals surface area contributed by atoms with Crippen LogP contribution in [0.2, 0.25) is 0 Å². The lowest BCUT2D eigenvalue weighted by atomic mass is 10.3. The minimum absolute atomic E-state index is 0.193. The zero-order valence-electron chi connectivity index (χ0n) is 6.99. The molecule has 0 aliphatic heterocycles. The third-order valence-electron chi connectivity index (χ3n) is 1.42. The second-order valence-corrected chi connectivity index (χ2v) is 2.47. The number of nitroso groups, excluding NO2 is 1. The first-order chi connectivity index (χ1) is 5.35. The summed E-state index contributed by atoms with van der Waals surface area (Å²) in [5.74, 6) is 0. The van der Waals surface area contributed by atoms with Crippen LogP contribution in [0.3, 0.4) is 0 Å². The van der Waals surface area contributed by atoms with Gasteiger partial charge in [-0.3, -0.25) is 5.01 Å². The van der Waals surface area contributed by atoms with Gasteiger partial charge in [-0.2, -0.15) is 0 Å². The number of hydrogen-bond donors (Lipinski definition) is 1. The molecule has 0 aromatic heterocycles. The number of unbranched alkanes of at least 4 members (excludes halogenated alkanes) is 1. The highest BCUT2D eigenvalue weighted by Crippen LogP contribution is 1.96. The van der Waals surface area contributed by atoms with E-state index in [0.717, 1.165) is 25.8 Å². The second kappa shape index (κ2) is 7.47. The van der Waals surface area contributed by atoms with Gasteiger partial charge in [0, 0.05) is 19.7 Å². The minimum atomic E-state index is 0.193. The van der Waals surface area contributed by atoms with Gasteiger partial charge in [0.05, 0.1) is 5.29 Å². The molecule has 4 heteroatoms. The highest BCUT2D eigenvalue weighted by molar-refractivity contribution is 4.50. The number of rotatable bonds is 7. The highest BCUT2D eigenvalue weighted by atomic mass is 16.3. The van der Waals surface area contributed by atoms with Crippen LogP contribution in [0.25, 0.3) is 0 Å². The molecular weight excluding hydrogens is 144 g/mol. The molecule has 0 saturated carbocycles. The van der Waals surface area contributed by atoms with Crippen molar-refractivity contribution in [3.05, 3.63) is 4.91 Å². The van der Waals surface area contributed by atoms with Crippen molar-refractivity contribution in [2.45, 2.75) is 26.2 Å². The second-order valence-electron chi connectivity index (χ2n) is 2.47. The van der Waals surface area contributed by atoms with Crippen molar-refractivity contribution in [3.8, 4) is 0 Å². The Balaban J connectivity index is 3.28.